The first-order valence-corrected chi connectivity index (χ1v) is 11.1. The van der Waals surface area contributed by atoms with Gasteiger partial charge in [0.05, 0.1) is 41.2 Å². The second-order valence-corrected chi connectivity index (χ2v) is 8.76. The second kappa shape index (κ2) is 8.12. The predicted octanol–water partition coefficient (Wildman–Crippen LogP) is 4.35. The summed E-state index contributed by atoms with van der Waals surface area (Å²) in [5.74, 6) is 0.911. The molecule has 0 unspecified atom stereocenters. The van der Waals surface area contributed by atoms with E-state index in [0.29, 0.717) is 35.9 Å². The van der Waals surface area contributed by atoms with Gasteiger partial charge in [0, 0.05) is 36.1 Å². The quantitative estimate of drug-likeness (QED) is 0.604. The van der Waals surface area contributed by atoms with Crippen LogP contribution in [0.4, 0.5) is 0 Å². The Balaban J connectivity index is 1.36. The van der Waals surface area contributed by atoms with E-state index in [1.807, 2.05) is 37.0 Å². The van der Waals surface area contributed by atoms with Crippen molar-refractivity contribution >= 4 is 5.91 Å². The van der Waals surface area contributed by atoms with Gasteiger partial charge in [-0.2, -0.15) is 10.4 Å². The van der Waals surface area contributed by atoms with Crippen LogP contribution in [0.1, 0.15) is 71.9 Å². The normalized spacial score (nSPS) is 15.4. The minimum atomic E-state index is -0.154. The van der Waals surface area contributed by atoms with Gasteiger partial charge in [0.2, 0.25) is 0 Å². The van der Waals surface area contributed by atoms with Gasteiger partial charge in [-0.15, -0.1) is 0 Å². The van der Waals surface area contributed by atoms with Crippen molar-refractivity contribution in [3.05, 3.63) is 70.8 Å². The molecule has 1 amide bonds. The van der Waals surface area contributed by atoms with E-state index in [1.54, 1.807) is 23.1 Å². The molecule has 5 rings (SSSR count). The second-order valence-electron chi connectivity index (χ2n) is 8.76. The first-order chi connectivity index (χ1) is 15.5. The highest BCUT2D eigenvalue weighted by Gasteiger charge is 2.29. The van der Waals surface area contributed by atoms with Crippen LogP contribution in [0.3, 0.4) is 0 Å². The molecule has 1 aliphatic heterocycles. The smallest absolute Gasteiger partial charge is 0.258 e. The van der Waals surface area contributed by atoms with Crippen LogP contribution in [-0.2, 0) is 13.1 Å². The third kappa shape index (κ3) is 3.73. The van der Waals surface area contributed by atoms with Crippen molar-refractivity contribution in [2.24, 2.45) is 0 Å². The zero-order valence-corrected chi connectivity index (χ0v) is 18.3. The minimum Gasteiger partial charge on any atom is -0.490 e. The molecule has 0 saturated heterocycles. The molecule has 1 aliphatic carbocycles. The molecule has 3 heterocycles. The SMILES string of the molecule is CC(C)Oc1ccc(C#N)cc1C(=O)N1Cc2cn(-c3ccnc(C4CCC4)c3)nc2C1. The van der Waals surface area contributed by atoms with Gasteiger partial charge < -0.3 is 9.64 Å². The fourth-order valence-corrected chi connectivity index (χ4v) is 4.23. The van der Waals surface area contributed by atoms with E-state index in [0.717, 1.165) is 22.6 Å². The maximum absolute atomic E-state index is 13.3. The van der Waals surface area contributed by atoms with E-state index in [1.165, 1.54) is 19.3 Å². The first kappa shape index (κ1) is 20.3. The lowest BCUT2D eigenvalue weighted by Crippen LogP contribution is -2.27. The molecular weight excluding hydrogens is 402 g/mol. The average Bonchev–Trinajstić information content (AvgIpc) is 3.32. The van der Waals surface area contributed by atoms with Crippen molar-refractivity contribution in [1.29, 1.82) is 5.26 Å². The lowest BCUT2D eigenvalue weighted by molar-refractivity contribution is 0.0743. The molecule has 0 radical (unpaired) electrons. The molecule has 0 spiro atoms. The molecule has 162 valence electrons. The Labute approximate surface area is 187 Å². The summed E-state index contributed by atoms with van der Waals surface area (Å²) in [4.78, 5) is 19.6. The van der Waals surface area contributed by atoms with Crippen molar-refractivity contribution in [3.8, 4) is 17.5 Å². The summed E-state index contributed by atoms with van der Waals surface area (Å²) in [5.41, 5.74) is 4.91. The number of carbonyl (C=O) groups is 1. The molecule has 2 aromatic heterocycles. The molecule has 7 heteroatoms. The highest BCUT2D eigenvalue weighted by atomic mass is 16.5. The Hall–Kier alpha value is -3.66. The van der Waals surface area contributed by atoms with Crippen LogP contribution in [0.25, 0.3) is 5.69 Å². The number of amides is 1. The van der Waals surface area contributed by atoms with Crippen LogP contribution < -0.4 is 4.74 Å². The lowest BCUT2D eigenvalue weighted by Gasteiger charge is -2.24. The zero-order chi connectivity index (χ0) is 22.2. The summed E-state index contributed by atoms with van der Waals surface area (Å²) in [6.45, 7) is 4.74. The van der Waals surface area contributed by atoms with Crippen molar-refractivity contribution in [1.82, 2.24) is 19.7 Å². The number of carbonyl (C=O) groups excluding carboxylic acids is 1. The van der Waals surface area contributed by atoms with Crippen LogP contribution in [0.5, 0.6) is 5.75 Å². The molecule has 0 atom stereocenters. The monoisotopic (exact) mass is 427 g/mol. The number of hydrogen-bond acceptors (Lipinski definition) is 5. The number of benzene rings is 1. The summed E-state index contributed by atoms with van der Waals surface area (Å²) >= 11 is 0. The van der Waals surface area contributed by atoms with Gasteiger partial charge in [0.1, 0.15) is 5.75 Å². The van der Waals surface area contributed by atoms with E-state index in [4.69, 9.17) is 9.84 Å². The third-order valence-electron chi connectivity index (χ3n) is 6.12. The zero-order valence-electron chi connectivity index (χ0n) is 18.3. The van der Waals surface area contributed by atoms with Gasteiger partial charge >= 0.3 is 0 Å². The third-order valence-corrected chi connectivity index (χ3v) is 6.12. The molecular formula is C25H25N5O2. The Morgan fingerprint density at radius 3 is 2.75 bits per heavy atom. The van der Waals surface area contributed by atoms with Gasteiger partial charge in [-0.3, -0.25) is 9.78 Å². The van der Waals surface area contributed by atoms with E-state index < -0.39 is 0 Å². The number of aromatic nitrogens is 3. The molecule has 32 heavy (non-hydrogen) atoms. The molecule has 7 nitrogen and oxygen atoms in total. The van der Waals surface area contributed by atoms with Crippen molar-refractivity contribution < 1.29 is 9.53 Å². The summed E-state index contributed by atoms with van der Waals surface area (Å²) in [5, 5.41) is 14.0. The number of fused-ring (bicyclic) bond motifs is 1. The lowest BCUT2D eigenvalue weighted by atomic mass is 9.82. The topological polar surface area (TPSA) is 84.0 Å². The number of nitrogens with zero attached hydrogens (tertiary/aromatic N) is 5. The van der Waals surface area contributed by atoms with Crippen molar-refractivity contribution in [2.45, 2.75) is 58.2 Å². The van der Waals surface area contributed by atoms with Crippen LogP contribution in [0.2, 0.25) is 0 Å². The van der Waals surface area contributed by atoms with Crippen molar-refractivity contribution in [3.63, 3.8) is 0 Å². The van der Waals surface area contributed by atoms with Gasteiger partial charge in [0.25, 0.3) is 5.91 Å². The van der Waals surface area contributed by atoms with E-state index in [2.05, 4.69) is 17.1 Å². The molecule has 1 saturated carbocycles. The number of pyridine rings is 1. The van der Waals surface area contributed by atoms with Gasteiger partial charge in [-0.1, -0.05) is 6.42 Å². The average molecular weight is 428 g/mol. The molecule has 1 aromatic carbocycles. The highest BCUT2D eigenvalue weighted by molar-refractivity contribution is 5.97. The molecule has 3 aromatic rings. The van der Waals surface area contributed by atoms with Crippen LogP contribution in [0, 0.1) is 11.3 Å². The number of ether oxygens (including phenoxy) is 1. The predicted molar refractivity (Wildman–Crippen MR) is 118 cm³/mol. The maximum Gasteiger partial charge on any atom is 0.258 e. The summed E-state index contributed by atoms with van der Waals surface area (Å²) < 4.78 is 7.71. The van der Waals surface area contributed by atoms with Crippen LogP contribution in [0.15, 0.2) is 42.7 Å². The molecule has 0 bridgehead atoms. The standard InChI is InChI=1S/C25H25N5O2/c1-16(2)32-24-7-6-17(12-26)10-21(24)25(31)29-13-19-14-30(28-23(19)15-29)20-8-9-27-22(11-20)18-4-3-5-18/h6-11,14,16,18H,3-5,13,15H2,1-2H3. The Morgan fingerprint density at radius 1 is 1.22 bits per heavy atom. The molecule has 1 fully saturated rings. The molecule has 2 aliphatic rings. The largest absolute Gasteiger partial charge is 0.490 e. The number of rotatable bonds is 5. The van der Waals surface area contributed by atoms with E-state index >= 15 is 0 Å². The first-order valence-electron chi connectivity index (χ1n) is 11.1. The summed E-state index contributed by atoms with van der Waals surface area (Å²) in [6.07, 6.45) is 7.47. The van der Waals surface area contributed by atoms with Gasteiger partial charge in [-0.25, -0.2) is 4.68 Å². The Bertz CT molecular complexity index is 1200. The molecule has 0 N–H and O–H groups in total. The fraction of sp³-hybridized carbons (Fsp3) is 0.360. The van der Waals surface area contributed by atoms with Crippen LogP contribution >= 0.6 is 0 Å². The van der Waals surface area contributed by atoms with Gasteiger partial charge in [-0.05, 0) is 57.0 Å². The summed E-state index contributed by atoms with van der Waals surface area (Å²) in [6, 6.07) is 11.2. The minimum absolute atomic E-state index is 0.0710. The Kier molecular flexibility index (Phi) is 5.14. The van der Waals surface area contributed by atoms with E-state index in [9.17, 15) is 10.1 Å². The maximum atomic E-state index is 13.3. The fourth-order valence-electron chi connectivity index (χ4n) is 4.23. The van der Waals surface area contributed by atoms with Crippen molar-refractivity contribution in [2.75, 3.05) is 0 Å². The number of nitriles is 1. The Morgan fingerprint density at radius 2 is 2.06 bits per heavy atom. The summed E-state index contributed by atoms with van der Waals surface area (Å²) in [7, 11) is 0. The van der Waals surface area contributed by atoms with E-state index in [-0.39, 0.29) is 12.0 Å². The van der Waals surface area contributed by atoms with Gasteiger partial charge in [0.15, 0.2) is 0 Å². The van der Waals surface area contributed by atoms with Crippen LogP contribution in [-0.4, -0.2) is 31.7 Å². The number of hydrogen-bond donors (Lipinski definition) is 0. The highest BCUT2D eigenvalue weighted by Crippen LogP contribution is 2.36.